The molecular formula is C19H22BrClN2O3S. The lowest BCUT2D eigenvalue weighted by Crippen LogP contribution is -2.31. The number of anilines is 1. The highest BCUT2D eigenvalue weighted by atomic mass is 79.9. The normalized spacial score (nSPS) is 11.7. The molecule has 1 amide bonds. The Balaban J connectivity index is 2.48. The van der Waals surface area contributed by atoms with Crippen molar-refractivity contribution in [2.24, 2.45) is 0 Å². The topological polar surface area (TPSA) is 57.7 Å². The lowest BCUT2D eigenvalue weighted by atomic mass is 10.1. The van der Waals surface area contributed by atoms with Gasteiger partial charge in [0.1, 0.15) is 0 Å². The van der Waals surface area contributed by atoms with Gasteiger partial charge >= 0.3 is 0 Å². The van der Waals surface area contributed by atoms with Crippen LogP contribution in [0.3, 0.4) is 0 Å². The third-order valence-corrected chi connectivity index (χ3v) is 7.20. The van der Waals surface area contributed by atoms with Crippen molar-refractivity contribution in [2.45, 2.75) is 25.7 Å². The molecule has 0 atom stereocenters. The van der Waals surface area contributed by atoms with E-state index in [0.29, 0.717) is 13.1 Å². The van der Waals surface area contributed by atoms with Gasteiger partial charge < -0.3 is 4.90 Å². The lowest BCUT2D eigenvalue weighted by molar-refractivity contribution is 0.0993. The van der Waals surface area contributed by atoms with E-state index in [4.69, 9.17) is 11.6 Å². The number of nitrogens with zero attached hydrogens (tertiary/aromatic N) is 2. The Morgan fingerprint density at radius 1 is 1.11 bits per heavy atom. The van der Waals surface area contributed by atoms with Crippen LogP contribution in [-0.2, 0) is 10.0 Å². The Morgan fingerprint density at radius 2 is 1.74 bits per heavy atom. The second-order valence-corrected chi connectivity index (χ2v) is 9.29. The maximum Gasteiger partial charge on any atom is 0.259 e. The van der Waals surface area contributed by atoms with Gasteiger partial charge in [-0.3, -0.25) is 4.79 Å². The predicted octanol–water partition coefficient (Wildman–Crippen LogP) is 4.72. The summed E-state index contributed by atoms with van der Waals surface area (Å²) in [6, 6.07) is 9.80. The van der Waals surface area contributed by atoms with E-state index in [-0.39, 0.29) is 21.4 Å². The van der Waals surface area contributed by atoms with Crippen LogP contribution in [-0.4, -0.2) is 38.8 Å². The van der Waals surface area contributed by atoms with Gasteiger partial charge in [0, 0.05) is 30.3 Å². The fourth-order valence-electron chi connectivity index (χ4n) is 2.83. The van der Waals surface area contributed by atoms with Crippen LogP contribution in [0, 0.1) is 6.92 Å². The zero-order valence-corrected chi connectivity index (χ0v) is 18.8. The molecule has 2 rings (SSSR count). The molecule has 0 N–H and O–H groups in total. The highest BCUT2D eigenvalue weighted by Crippen LogP contribution is 2.28. The Morgan fingerprint density at radius 3 is 2.30 bits per heavy atom. The fraction of sp³-hybridized carbons (Fsp3) is 0.316. The number of aryl methyl sites for hydroxylation is 1. The molecule has 0 bridgehead atoms. The average molecular weight is 474 g/mol. The summed E-state index contributed by atoms with van der Waals surface area (Å²) < 4.78 is 27.8. The summed E-state index contributed by atoms with van der Waals surface area (Å²) in [5.41, 5.74) is 1.77. The van der Waals surface area contributed by atoms with Gasteiger partial charge in [-0.05, 0) is 48.9 Å². The van der Waals surface area contributed by atoms with Gasteiger partial charge in [-0.25, -0.2) is 8.42 Å². The van der Waals surface area contributed by atoms with Crippen molar-refractivity contribution < 1.29 is 13.2 Å². The van der Waals surface area contributed by atoms with E-state index in [2.05, 4.69) is 15.9 Å². The number of amides is 1. The highest BCUT2D eigenvalue weighted by molar-refractivity contribution is 9.10. The van der Waals surface area contributed by atoms with Crippen molar-refractivity contribution in [3.8, 4) is 0 Å². The Labute approximate surface area is 174 Å². The first-order valence-corrected chi connectivity index (χ1v) is 11.1. The summed E-state index contributed by atoms with van der Waals surface area (Å²) in [4.78, 5) is 14.5. The number of hydrogen-bond donors (Lipinski definition) is 0. The van der Waals surface area contributed by atoms with E-state index >= 15 is 0 Å². The molecular weight excluding hydrogens is 452 g/mol. The quantitative estimate of drug-likeness (QED) is 0.610. The molecule has 2 aromatic rings. The van der Waals surface area contributed by atoms with Crippen molar-refractivity contribution in [3.05, 3.63) is 57.0 Å². The van der Waals surface area contributed by atoms with E-state index < -0.39 is 10.0 Å². The molecule has 5 nitrogen and oxygen atoms in total. The molecule has 0 saturated heterocycles. The number of hydrogen-bond acceptors (Lipinski definition) is 3. The van der Waals surface area contributed by atoms with Gasteiger partial charge in [-0.15, -0.1) is 0 Å². The van der Waals surface area contributed by atoms with Crippen LogP contribution in [0.4, 0.5) is 5.69 Å². The van der Waals surface area contributed by atoms with Crippen LogP contribution < -0.4 is 4.90 Å². The first kappa shape index (κ1) is 21.9. The smallest absolute Gasteiger partial charge is 0.259 e. The number of carbonyl (C=O) groups is 1. The monoisotopic (exact) mass is 472 g/mol. The maximum atomic E-state index is 13.0. The van der Waals surface area contributed by atoms with E-state index in [1.165, 1.54) is 27.4 Å². The second kappa shape index (κ2) is 8.73. The van der Waals surface area contributed by atoms with Crippen molar-refractivity contribution in [3.63, 3.8) is 0 Å². The van der Waals surface area contributed by atoms with Crippen LogP contribution in [0.25, 0.3) is 0 Å². The highest BCUT2D eigenvalue weighted by Gasteiger charge is 2.25. The maximum absolute atomic E-state index is 13.0. The van der Waals surface area contributed by atoms with Crippen LogP contribution in [0.2, 0.25) is 5.02 Å². The zero-order chi connectivity index (χ0) is 20.4. The predicted molar refractivity (Wildman–Crippen MR) is 113 cm³/mol. The number of benzene rings is 2. The van der Waals surface area contributed by atoms with Gasteiger partial charge in [0.05, 0.1) is 15.5 Å². The second-order valence-electron chi connectivity index (χ2n) is 6.03. The van der Waals surface area contributed by atoms with Gasteiger partial charge in [-0.1, -0.05) is 41.4 Å². The minimum Gasteiger partial charge on any atom is -0.311 e. The van der Waals surface area contributed by atoms with Crippen molar-refractivity contribution >= 4 is 49.1 Å². The molecule has 0 unspecified atom stereocenters. The third kappa shape index (κ3) is 4.54. The van der Waals surface area contributed by atoms with Crippen molar-refractivity contribution in [1.82, 2.24) is 4.31 Å². The van der Waals surface area contributed by atoms with E-state index in [1.807, 2.05) is 25.1 Å². The van der Waals surface area contributed by atoms with Crippen molar-refractivity contribution in [1.29, 1.82) is 0 Å². The minimum atomic E-state index is -3.68. The first-order chi connectivity index (χ1) is 12.6. The molecule has 0 aliphatic heterocycles. The average Bonchev–Trinajstić information content (AvgIpc) is 2.61. The standard InChI is InChI=1S/C19H22BrClN2O3S/c1-5-23(6-2)27(25,26)15-8-9-17(21)16(12-15)19(24)22(4)18-10-7-14(20)11-13(18)3/h7-12H,5-6H2,1-4H3. The van der Waals surface area contributed by atoms with Crippen LogP contribution >= 0.6 is 27.5 Å². The van der Waals surface area contributed by atoms with E-state index in [1.54, 1.807) is 20.9 Å². The molecule has 0 spiro atoms. The summed E-state index contributed by atoms with van der Waals surface area (Å²) >= 11 is 9.62. The largest absolute Gasteiger partial charge is 0.311 e. The Hall–Kier alpha value is -1.41. The molecule has 0 radical (unpaired) electrons. The summed E-state index contributed by atoms with van der Waals surface area (Å²) in [7, 11) is -2.04. The van der Waals surface area contributed by atoms with E-state index in [0.717, 1.165) is 15.7 Å². The minimum absolute atomic E-state index is 0.0554. The molecule has 0 aromatic heterocycles. The molecule has 0 heterocycles. The van der Waals surface area contributed by atoms with Gasteiger partial charge in [0.25, 0.3) is 5.91 Å². The number of halogens is 2. The van der Waals surface area contributed by atoms with Gasteiger partial charge in [0.15, 0.2) is 0 Å². The fourth-order valence-corrected chi connectivity index (χ4v) is 4.99. The Bertz CT molecular complexity index is 959. The molecule has 0 saturated carbocycles. The van der Waals surface area contributed by atoms with Gasteiger partial charge in [0.2, 0.25) is 10.0 Å². The summed E-state index contributed by atoms with van der Waals surface area (Å²) in [6.45, 7) is 6.14. The van der Waals surface area contributed by atoms with Gasteiger partial charge in [-0.2, -0.15) is 4.31 Å². The molecule has 8 heteroatoms. The Kier molecular flexibility index (Phi) is 7.08. The summed E-state index contributed by atoms with van der Waals surface area (Å²) in [5, 5.41) is 0.208. The zero-order valence-electron chi connectivity index (χ0n) is 15.7. The molecule has 0 fully saturated rings. The molecule has 146 valence electrons. The molecule has 27 heavy (non-hydrogen) atoms. The first-order valence-electron chi connectivity index (χ1n) is 8.47. The number of carbonyl (C=O) groups excluding carboxylic acids is 1. The summed E-state index contributed by atoms with van der Waals surface area (Å²) in [6.07, 6.45) is 0. The van der Waals surface area contributed by atoms with E-state index in [9.17, 15) is 13.2 Å². The van der Waals surface area contributed by atoms with Crippen LogP contribution in [0.5, 0.6) is 0 Å². The van der Waals surface area contributed by atoms with Crippen LogP contribution in [0.1, 0.15) is 29.8 Å². The molecule has 0 aliphatic carbocycles. The molecule has 0 aliphatic rings. The SMILES string of the molecule is CCN(CC)S(=O)(=O)c1ccc(Cl)c(C(=O)N(C)c2ccc(Br)cc2C)c1. The third-order valence-electron chi connectivity index (χ3n) is 4.34. The summed E-state index contributed by atoms with van der Waals surface area (Å²) in [5.74, 6) is -0.373. The number of rotatable bonds is 6. The molecule has 2 aromatic carbocycles. The lowest BCUT2D eigenvalue weighted by Gasteiger charge is -2.22. The van der Waals surface area contributed by atoms with Crippen LogP contribution in [0.15, 0.2) is 45.8 Å². The number of sulfonamides is 1. The van der Waals surface area contributed by atoms with Crippen molar-refractivity contribution in [2.75, 3.05) is 25.0 Å².